The number of rotatable bonds is 30. The van der Waals surface area contributed by atoms with Gasteiger partial charge in [0, 0.05) is 58.9 Å². The third-order valence-electron chi connectivity index (χ3n) is 11.6. The molecule has 2 aliphatic heterocycles. The Balaban J connectivity index is 1.26. The summed E-state index contributed by atoms with van der Waals surface area (Å²) < 4.78 is 19.7. The largest absolute Gasteiger partial charge is 0.394 e. The zero-order chi connectivity index (χ0) is 48.0. The van der Waals surface area contributed by atoms with Gasteiger partial charge in [0.25, 0.3) is 0 Å². The van der Waals surface area contributed by atoms with Crippen LogP contribution in [-0.2, 0) is 23.8 Å². The van der Waals surface area contributed by atoms with Crippen LogP contribution in [0.5, 0.6) is 0 Å². The summed E-state index contributed by atoms with van der Waals surface area (Å²) >= 11 is 0. The molecule has 0 radical (unpaired) electrons. The molecular weight excluding hydrogens is 865 g/mol. The van der Waals surface area contributed by atoms with Crippen molar-refractivity contribution < 1.29 is 28.9 Å². The van der Waals surface area contributed by atoms with Gasteiger partial charge in [-0.05, 0) is 64.0 Å². The van der Waals surface area contributed by atoms with Gasteiger partial charge in [-0.25, -0.2) is 9.36 Å². The van der Waals surface area contributed by atoms with Gasteiger partial charge in [0.15, 0.2) is 0 Å². The van der Waals surface area contributed by atoms with Gasteiger partial charge in [-0.15, -0.1) is 16.6 Å². The van der Waals surface area contributed by atoms with Crippen LogP contribution in [-0.4, -0.2) is 190 Å². The van der Waals surface area contributed by atoms with Crippen molar-refractivity contribution >= 4 is 29.7 Å². The fourth-order valence-corrected chi connectivity index (χ4v) is 7.85. The maximum atomic E-state index is 14.2. The molecule has 5 heterocycles. The minimum absolute atomic E-state index is 0.0288. The van der Waals surface area contributed by atoms with E-state index in [0.29, 0.717) is 153 Å². The van der Waals surface area contributed by atoms with Crippen LogP contribution in [0.1, 0.15) is 94.3 Å². The number of unbranched alkanes of at least 4 members (excludes halogenated alkanes) is 2. The standard InChI is InChI=1S/C43H74N18O6/c1-4-22-65-24-26-67-27-25-66-23-13-48-41-49-42(58-18-14-56(15-19-58)39(63)37(9-5-7-11-44)60-29-35(52-54-60)33(46)28-32(2)3)51-43(50-41)59-20-16-57(17-21-59)40(64)38(10-6-8-12-45)61-30-36(53-55-61)34(47)31-62/h1,29-30,32-34,37-38,62H,5-28,31,44-47H2,2-3H3,(H,48,49,50,51)/t33-,34-,37-,38-/m0/s1. The second-order valence-electron chi connectivity index (χ2n) is 17.2. The summed E-state index contributed by atoms with van der Waals surface area (Å²) in [7, 11) is 0. The molecular formula is C43H74N18O6. The first-order valence-electron chi connectivity index (χ1n) is 23.7. The van der Waals surface area contributed by atoms with Gasteiger partial charge in [-0.1, -0.05) is 30.2 Å². The normalized spacial score (nSPS) is 16.3. The molecule has 2 amide bonds. The number of nitrogens with zero attached hydrogens (tertiary/aromatic N) is 13. The van der Waals surface area contributed by atoms with Gasteiger partial charge >= 0.3 is 0 Å². The Bertz CT molecular complexity index is 1950. The predicted octanol–water partition coefficient (Wildman–Crippen LogP) is -0.775. The highest BCUT2D eigenvalue weighted by Gasteiger charge is 2.33. The number of nitrogens with two attached hydrogens (primary N) is 4. The molecule has 2 saturated heterocycles. The maximum Gasteiger partial charge on any atom is 0.247 e. The zero-order valence-corrected chi connectivity index (χ0v) is 39.4. The van der Waals surface area contributed by atoms with E-state index in [4.69, 9.17) is 58.5 Å². The van der Waals surface area contributed by atoms with Gasteiger partial charge in [0.2, 0.25) is 29.7 Å². The lowest BCUT2D eigenvalue weighted by Crippen LogP contribution is -2.52. The first kappa shape index (κ1) is 52.8. The number of anilines is 3. The molecule has 67 heavy (non-hydrogen) atoms. The van der Waals surface area contributed by atoms with E-state index in [-0.39, 0.29) is 31.1 Å². The maximum absolute atomic E-state index is 14.2. The van der Waals surface area contributed by atoms with E-state index < -0.39 is 18.1 Å². The Labute approximate surface area is 393 Å². The first-order valence-corrected chi connectivity index (χ1v) is 23.7. The number of hydrogen-bond donors (Lipinski definition) is 6. The molecule has 0 spiro atoms. The molecule has 0 saturated carbocycles. The summed E-state index contributed by atoms with van der Waals surface area (Å²) in [5.41, 5.74) is 25.1. The highest BCUT2D eigenvalue weighted by atomic mass is 16.5. The van der Waals surface area contributed by atoms with Crippen LogP contribution in [0, 0.1) is 18.3 Å². The molecule has 24 heteroatoms. The number of hydrogen-bond acceptors (Lipinski definition) is 20. The number of carbonyl (C=O) groups excluding carboxylic acids is 2. The number of nitrogens with one attached hydrogen (secondary N) is 1. The molecule has 24 nitrogen and oxygen atoms in total. The number of amides is 2. The van der Waals surface area contributed by atoms with Crippen molar-refractivity contribution in [1.82, 2.24) is 54.7 Å². The summed E-state index contributed by atoms with van der Waals surface area (Å²) in [5, 5.41) is 29.9. The SMILES string of the molecule is C#CCOCCOCCOCCNc1nc(N2CCN(C(=O)[C@H](CCCCN)n3cc([C@@H](N)CO)nn3)CC2)nc(N2CCN(C(=O)[C@H](CCCCN)n3cc([C@@H](N)CC(C)C)nn3)CC2)n1. The van der Waals surface area contributed by atoms with Gasteiger partial charge in [0.05, 0.1) is 69.8 Å². The van der Waals surface area contributed by atoms with Crippen LogP contribution in [0.15, 0.2) is 12.4 Å². The number of aromatic nitrogens is 9. The van der Waals surface area contributed by atoms with Crippen molar-refractivity contribution in [2.45, 2.75) is 83.0 Å². The predicted molar refractivity (Wildman–Crippen MR) is 252 cm³/mol. The van der Waals surface area contributed by atoms with E-state index in [0.717, 1.165) is 32.1 Å². The second-order valence-corrected chi connectivity index (χ2v) is 17.2. The summed E-state index contributed by atoms with van der Waals surface area (Å²) in [6.45, 7) is 11.4. The Morgan fingerprint density at radius 2 is 1.19 bits per heavy atom. The Morgan fingerprint density at radius 1 is 0.716 bits per heavy atom. The molecule has 0 aromatic carbocycles. The molecule has 5 rings (SSSR count). The number of carbonyl (C=O) groups is 2. The smallest absolute Gasteiger partial charge is 0.247 e. The van der Waals surface area contributed by atoms with Gasteiger partial charge < -0.3 is 67.2 Å². The highest BCUT2D eigenvalue weighted by molar-refractivity contribution is 5.81. The van der Waals surface area contributed by atoms with E-state index in [1.54, 1.807) is 15.6 Å². The van der Waals surface area contributed by atoms with Crippen molar-refractivity contribution in [3.05, 3.63) is 23.8 Å². The number of terminal acetylenes is 1. The quantitative estimate of drug-likeness (QED) is 0.0353. The van der Waals surface area contributed by atoms with Crippen molar-refractivity contribution in [2.24, 2.45) is 28.9 Å². The Kier molecular flexibility index (Phi) is 22.3. The topological polar surface area (TPSA) is 311 Å². The van der Waals surface area contributed by atoms with E-state index in [9.17, 15) is 14.7 Å². The molecule has 2 fully saturated rings. The molecule has 0 bridgehead atoms. The average Bonchev–Trinajstić information content (AvgIpc) is 4.04. The van der Waals surface area contributed by atoms with Gasteiger partial charge in [-0.3, -0.25) is 9.59 Å². The van der Waals surface area contributed by atoms with Crippen molar-refractivity contribution in [1.29, 1.82) is 0 Å². The van der Waals surface area contributed by atoms with Crippen LogP contribution >= 0.6 is 0 Å². The number of aliphatic hydroxyl groups is 1. The highest BCUT2D eigenvalue weighted by Crippen LogP contribution is 2.26. The molecule has 0 unspecified atom stereocenters. The number of piperazine rings is 2. The summed E-state index contributed by atoms with van der Waals surface area (Å²) in [5.74, 6) is 4.02. The van der Waals surface area contributed by atoms with E-state index in [1.807, 2.05) is 20.9 Å². The van der Waals surface area contributed by atoms with Crippen LogP contribution in [0.3, 0.4) is 0 Å². The van der Waals surface area contributed by atoms with E-state index in [1.165, 1.54) is 0 Å². The van der Waals surface area contributed by atoms with Crippen LogP contribution < -0.4 is 38.1 Å². The monoisotopic (exact) mass is 939 g/mol. The fraction of sp³-hybridized carbons (Fsp3) is 0.744. The third-order valence-corrected chi connectivity index (χ3v) is 11.6. The molecule has 0 aliphatic carbocycles. The molecule has 4 atom stereocenters. The summed E-state index contributed by atoms with van der Waals surface area (Å²) in [6.07, 6.45) is 13.6. The number of ether oxygens (including phenoxy) is 3. The van der Waals surface area contributed by atoms with Crippen molar-refractivity contribution in [3.63, 3.8) is 0 Å². The molecule has 372 valence electrons. The van der Waals surface area contributed by atoms with Gasteiger partial charge in [-0.2, -0.15) is 15.0 Å². The Morgan fingerprint density at radius 3 is 1.66 bits per heavy atom. The second kappa shape index (κ2) is 28.3. The molecule has 10 N–H and O–H groups in total. The van der Waals surface area contributed by atoms with Crippen LogP contribution in [0.4, 0.5) is 17.8 Å². The fourth-order valence-electron chi connectivity index (χ4n) is 7.85. The van der Waals surface area contributed by atoms with Crippen LogP contribution in [0.2, 0.25) is 0 Å². The summed E-state index contributed by atoms with van der Waals surface area (Å²) in [4.78, 5) is 50.7. The minimum Gasteiger partial charge on any atom is -0.394 e. The average molecular weight is 939 g/mol. The zero-order valence-electron chi connectivity index (χ0n) is 39.4. The van der Waals surface area contributed by atoms with E-state index in [2.05, 4.69) is 50.6 Å². The molecule has 2 aliphatic rings. The first-order chi connectivity index (χ1) is 32.6. The molecule has 3 aromatic heterocycles. The van der Waals surface area contributed by atoms with E-state index >= 15 is 0 Å². The van der Waals surface area contributed by atoms with Crippen molar-refractivity contribution in [2.75, 3.05) is 133 Å². The lowest BCUT2D eigenvalue weighted by molar-refractivity contribution is -0.136. The van der Waals surface area contributed by atoms with Crippen LogP contribution in [0.25, 0.3) is 0 Å². The lowest BCUT2D eigenvalue weighted by Gasteiger charge is -2.38. The minimum atomic E-state index is -0.696. The lowest BCUT2D eigenvalue weighted by atomic mass is 10.0. The van der Waals surface area contributed by atoms with Crippen molar-refractivity contribution in [3.8, 4) is 12.3 Å². The Hall–Kier alpha value is -5.13. The number of aliphatic hydroxyl groups excluding tert-OH is 1. The van der Waals surface area contributed by atoms with Gasteiger partial charge in [0.1, 0.15) is 24.4 Å². The third kappa shape index (κ3) is 16.3. The molecule has 3 aromatic rings. The summed E-state index contributed by atoms with van der Waals surface area (Å²) in [6, 6.07) is -2.09.